The number of nitrogens with one attached hydrogen (secondary N) is 1. The van der Waals surface area contributed by atoms with Crippen LogP contribution in [0.2, 0.25) is 5.02 Å². The van der Waals surface area contributed by atoms with Crippen LogP contribution in [0.25, 0.3) is 0 Å². The summed E-state index contributed by atoms with van der Waals surface area (Å²) in [6.07, 6.45) is 0.742. The molecule has 3 aromatic carbocycles. The molecule has 0 unspecified atom stereocenters. The average molecular weight is 558 g/mol. The molecule has 0 aliphatic heterocycles. The number of anilines is 1. The lowest BCUT2D eigenvalue weighted by atomic mass is 10.1. The molecular weight excluding hydrogens is 526 g/mol. The predicted octanol–water partition coefficient (Wildman–Crippen LogP) is 4.49. The first kappa shape index (κ1) is 29.0. The zero-order valence-corrected chi connectivity index (χ0v) is 23.2. The van der Waals surface area contributed by atoms with E-state index in [-0.39, 0.29) is 28.1 Å². The second kappa shape index (κ2) is 13.3. The van der Waals surface area contributed by atoms with Gasteiger partial charge < -0.3 is 15.0 Å². The maximum Gasteiger partial charge on any atom is 0.264 e. The van der Waals surface area contributed by atoms with Crippen molar-refractivity contribution in [1.29, 1.82) is 0 Å². The van der Waals surface area contributed by atoms with E-state index in [0.717, 1.165) is 16.3 Å². The van der Waals surface area contributed by atoms with Crippen LogP contribution in [0.15, 0.2) is 83.8 Å². The van der Waals surface area contributed by atoms with Gasteiger partial charge in [0.15, 0.2) is 0 Å². The van der Waals surface area contributed by atoms with Gasteiger partial charge in [-0.05, 0) is 49.2 Å². The van der Waals surface area contributed by atoms with Gasteiger partial charge in [-0.25, -0.2) is 8.42 Å². The molecule has 0 bridgehead atoms. The topological polar surface area (TPSA) is 96.0 Å². The summed E-state index contributed by atoms with van der Waals surface area (Å²) in [6.45, 7) is 3.62. The average Bonchev–Trinajstić information content (AvgIpc) is 2.93. The summed E-state index contributed by atoms with van der Waals surface area (Å²) in [5.41, 5.74) is 0.997. The molecule has 38 heavy (non-hydrogen) atoms. The van der Waals surface area contributed by atoms with E-state index in [1.54, 1.807) is 25.1 Å². The Morgan fingerprint density at radius 1 is 1.00 bits per heavy atom. The third kappa shape index (κ3) is 7.05. The normalized spacial score (nSPS) is 11.9. The number of benzene rings is 3. The number of amides is 2. The Labute approximate surface area is 229 Å². The molecule has 3 rings (SSSR count). The zero-order chi connectivity index (χ0) is 27.7. The van der Waals surface area contributed by atoms with E-state index >= 15 is 0 Å². The molecule has 0 saturated carbocycles. The van der Waals surface area contributed by atoms with Gasteiger partial charge in [0.2, 0.25) is 11.8 Å². The molecule has 10 heteroatoms. The first-order chi connectivity index (χ1) is 18.2. The van der Waals surface area contributed by atoms with Crippen LogP contribution in [0, 0.1) is 0 Å². The summed E-state index contributed by atoms with van der Waals surface area (Å²) in [5.74, 6) is -0.494. The number of methoxy groups -OCH3 is 1. The van der Waals surface area contributed by atoms with E-state index in [4.69, 9.17) is 16.3 Å². The van der Waals surface area contributed by atoms with Gasteiger partial charge in [0, 0.05) is 13.1 Å². The van der Waals surface area contributed by atoms with Crippen molar-refractivity contribution in [3.8, 4) is 5.75 Å². The van der Waals surface area contributed by atoms with E-state index < -0.39 is 28.5 Å². The van der Waals surface area contributed by atoms with Crippen molar-refractivity contribution in [2.45, 2.75) is 37.8 Å². The van der Waals surface area contributed by atoms with Crippen molar-refractivity contribution in [3.63, 3.8) is 0 Å². The number of carbonyl (C=O) groups excluding carboxylic acids is 2. The molecule has 1 atom stereocenters. The highest BCUT2D eigenvalue weighted by Crippen LogP contribution is 2.32. The second-order valence-electron chi connectivity index (χ2n) is 8.62. The second-order valence-corrected chi connectivity index (χ2v) is 10.9. The smallest absolute Gasteiger partial charge is 0.264 e. The largest absolute Gasteiger partial charge is 0.495 e. The van der Waals surface area contributed by atoms with Gasteiger partial charge in [-0.3, -0.25) is 13.9 Å². The molecule has 0 radical (unpaired) electrons. The Morgan fingerprint density at radius 3 is 2.21 bits per heavy atom. The van der Waals surface area contributed by atoms with Gasteiger partial charge in [-0.2, -0.15) is 0 Å². The fraction of sp³-hybridized carbons (Fsp3) is 0.286. The van der Waals surface area contributed by atoms with Crippen LogP contribution < -0.4 is 14.4 Å². The molecule has 0 aromatic heterocycles. The molecule has 0 aliphatic rings. The Bertz CT molecular complexity index is 1340. The summed E-state index contributed by atoms with van der Waals surface area (Å²) >= 11 is 6.32. The van der Waals surface area contributed by atoms with Gasteiger partial charge in [-0.1, -0.05) is 67.1 Å². The van der Waals surface area contributed by atoms with Crippen LogP contribution in [0.5, 0.6) is 5.75 Å². The zero-order valence-electron chi connectivity index (χ0n) is 21.6. The van der Waals surface area contributed by atoms with Crippen molar-refractivity contribution in [1.82, 2.24) is 10.2 Å². The van der Waals surface area contributed by atoms with E-state index in [9.17, 15) is 18.0 Å². The van der Waals surface area contributed by atoms with Crippen molar-refractivity contribution >= 4 is 39.1 Å². The summed E-state index contributed by atoms with van der Waals surface area (Å²) in [5, 5.41) is 3.01. The Morgan fingerprint density at radius 2 is 1.63 bits per heavy atom. The van der Waals surface area contributed by atoms with E-state index in [2.05, 4.69) is 5.32 Å². The molecule has 1 N–H and O–H groups in total. The number of ether oxygens (including phenoxy) is 1. The monoisotopic (exact) mass is 557 g/mol. The minimum Gasteiger partial charge on any atom is -0.495 e. The number of rotatable bonds is 12. The van der Waals surface area contributed by atoms with Crippen molar-refractivity contribution in [2.75, 3.05) is 24.5 Å². The van der Waals surface area contributed by atoms with Crippen LogP contribution in [-0.4, -0.2) is 51.4 Å². The number of nitrogens with zero attached hydrogens (tertiary/aromatic N) is 2. The Kier molecular flexibility index (Phi) is 10.2. The quantitative estimate of drug-likeness (QED) is 0.354. The van der Waals surface area contributed by atoms with E-state index in [1.165, 1.54) is 42.3 Å². The standard InChI is InChI=1S/C28H32ClN3O5S/c1-4-17-30-28(34)21(2)31(19-22-11-7-5-8-12-22)27(33)20-32(23-15-16-26(37-3)25(29)18-23)38(35,36)24-13-9-6-10-14-24/h5-16,18,21H,4,17,19-20H2,1-3H3,(H,30,34)/t21-/m0/s1. The number of sulfonamides is 1. The minimum atomic E-state index is -4.17. The van der Waals surface area contributed by atoms with Gasteiger partial charge in [0.25, 0.3) is 10.0 Å². The van der Waals surface area contributed by atoms with Gasteiger partial charge >= 0.3 is 0 Å². The third-order valence-electron chi connectivity index (χ3n) is 5.95. The number of hydrogen-bond donors (Lipinski definition) is 1. The molecular formula is C28H32ClN3O5S. The summed E-state index contributed by atoms with van der Waals surface area (Å²) in [4.78, 5) is 28.1. The molecule has 2 amide bonds. The summed E-state index contributed by atoms with van der Waals surface area (Å²) in [7, 11) is -2.71. The maximum absolute atomic E-state index is 13.8. The Hall–Kier alpha value is -3.56. The molecule has 0 saturated heterocycles. The molecule has 202 valence electrons. The van der Waals surface area contributed by atoms with Crippen LogP contribution in [0.1, 0.15) is 25.8 Å². The van der Waals surface area contributed by atoms with Crippen molar-refractivity contribution in [2.24, 2.45) is 0 Å². The van der Waals surface area contributed by atoms with Crippen LogP contribution in [-0.2, 0) is 26.2 Å². The number of hydrogen-bond acceptors (Lipinski definition) is 5. The van der Waals surface area contributed by atoms with Gasteiger partial charge in [0.05, 0.1) is 22.7 Å². The molecule has 0 heterocycles. The first-order valence-corrected chi connectivity index (χ1v) is 14.0. The van der Waals surface area contributed by atoms with E-state index in [0.29, 0.717) is 12.3 Å². The minimum absolute atomic E-state index is 0.0167. The highest BCUT2D eigenvalue weighted by molar-refractivity contribution is 7.92. The molecule has 0 spiro atoms. The maximum atomic E-state index is 13.8. The number of halogens is 1. The lowest BCUT2D eigenvalue weighted by molar-refractivity contribution is -0.139. The summed E-state index contributed by atoms with van der Waals surface area (Å²) < 4.78 is 33.7. The van der Waals surface area contributed by atoms with Crippen LogP contribution >= 0.6 is 11.6 Å². The lowest BCUT2D eigenvalue weighted by Gasteiger charge is -2.32. The molecule has 0 fully saturated rings. The summed E-state index contributed by atoms with van der Waals surface area (Å²) in [6, 6.07) is 20.7. The predicted molar refractivity (Wildman–Crippen MR) is 149 cm³/mol. The van der Waals surface area contributed by atoms with Gasteiger partial charge in [-0.15, -0.1) is 0 Å². The fourth-order valence-electron chi connectivity index (χ4n) is 3.82. The fourth-order valence-corrected chi connectivity index (χ4v) is 5.50. The number of carbonyl (C=O) groups is 2. The SMILES string of the molecule is CCCNC(=O)[C@H](C)N(Cc1ccccc1)C(=O)CN(c1ccc(OC)c(Cl)c1)S(=O)(=O)c1ccccc1. The van der Waals surface area contributed by atoms with Crippen LogP contribution in [0.3, 0.4) is 0 Å². The highest BCUT2D eigenvalue weighted by Gasteiger charge is 2.32. The molecule has 3 aromatic rings. The molecule has 0 aliphatic carbocycles. The van der Waals surface area contributed by atoms with E-state index in [1.807, 2.05) is 37.3 Å². The van der Waals surface area contributed by atoms with Gasteiger partial charge in [0.1, 0.15) is 18.3 Å². The first-order valence-electron chi connectivity index (χ1n) is 12.2. The lowest BCUT2D eigenvalue weighted by Crippen LogP contribution is -2.51. The van der Waals surface area contributed by atoms with Crippen molar-refractivity contribution in [3.05, 3.63) is 89.4 Å². The third-order valence-corrected chi connectivity index (χ3v) is 8.03. The van der Waals surface area contributed by atoms with Crippen LogP contribution in [0.4, 0.5) is 5.69 Å². The van der Waals surface area contributed by atoms with Crippen molar-refractivity contribution < 1.29 is 22.7 Å². The highest BCUT2D eigenvalue weighted by atomic mass is 35.5. The molecule has 8 nitrogen and oxygen atoms in total. The Balaban J connectivity index is 2.03.